The van der Waals surface area contributed by atoms with E-state index in [0.29, 0.717) is 18.1 Å². The van der Waals surface area contributed by atoms with Crippen LogP contribution in [0.5, 0.6) is 0 Å². The van der Waals surface area contributed by atoms with Crippen molar-refractivity contribution < 1.29 is 9.90 Å². The molecule has 0 saturated carbocycles. The lowest BCUT2D eigenvalue weighted by Crippen LogP contribution is -2.32. The topological polar surface area (TPSA) is 88.2 Å². The average Bonchev–Trinajstić information content (AvgIpc) is 2.42. The first kappa shape index (κ1) is 15.6. The normalized spacial score (nSPS) is 11.3. The second-order valence-corrected chi connectivity index (χ2v) is 5.66. The zero-order valence-electron chi connectivity index (χ0n) is 11.6. The van der Waals surface area contributed by atoms with Crippen LogP contribution in [0.1, 0.15) is 37.2 Å². The lowest BCUT2D eigenvalue weighted by atomic mass is 10.0. The highest BCUT2D eigenvalue weighted by Crippen LogP contribution is 2.31. The van der Waals surface area contributed by atoms with E-state index in [4.69, 9.17) is 10.8 Å². The van der Waals surface area contributed by atoms with Crippen LogP contribution in [0.4, 0.5) is 11.5 Å². The number of nitrogens with one attached hydrogen (secondary N) is 1. The number of nitrogens with two attached hydrogens (primary N) is 1. The standard InChI is InChI=1S/C13H21N3O2S/c1-4-13(5-2,19-3)8-15-11-9(14)6-7-10(16-11)12(17)18/h6-7H,4-5,8,14H2,1-3H3,(H,15,16)(H,17,18). The molecule has 0 bridgehead atoms. The Bertz CT molecular complexity index is 439. The van der Waals surface area contributed by atoms with Crippen molar-refractivity contribution in [3.8, 4) is 0 Å². The number of thioether (sulfide) groups is 1. The molecule has 0 aromatic carbocycles. The quantitative estimate of drug-likeness (QED) is 0.713. The van der Waals surface area contributed by atoms with Crippen LogP contribution in [0.15, 0.2) is 12.1 Å². The number of anilines is 2. The van der Waals surface area contributed by atoms with Crippen molar-refractivity contribution in [2.75, 3.05) is 23.9 Å². The molecule has 0 saturated heterocycles. The summed E-state index contributed by atoms with van der Waals surface area (Å²) in [6, 6.07) is 2.97. The molecule has 4 N–H and O–H groups in total. The number of carboxylic acid groups (broad SMARTS) is 1. The number of nitrogen functional groups attached to an aromatic ring is 1. The van der Waals surface area contributed by atoms with Gasteiger partial charge in [-0.2, -0.15) is 11.8 Å². The van der Waals surface area contributed by atoms with Gasteiger partial charge in [0, 0.05) is 11.3 Å². The summed E-state index contributed by atoms with van der Waals surface area (Å²) in [5.41, 5.74) is 6.28. The van der Waals surface area contributed by atoms with Crippen molar-refractivity contribution in [2.24, 2.45) is 0 Å². The molecule has 0 amide bonds. The highest BCUT2D eigenvalue weighted by atomic mass is 32.2. The monoisotopic (exact) mass is 283 g/mol. The van der Waals surface area contributed by atoms with Gasteiger partial charge in [-0.1, -0.05) is 13.8 Å². The van der Waals surface area contributed by atoms with Gasteiger partial charge in [0.1, 0.15) is 5.82 Å². The number of aromatic nitrogens is 1. The van der Waals surface area contributed by atoms with Gasteiger partial charge in [0.15, 0.2) is 5.69 Å². The molecule has 0 aliphatic heterocycles. The molecule has 5 nitrogen and oxygen atoms in total. The van der Waals surface area contributed by atoms with Gasteiger partial charge in [-0.25, -0.2) is 9.78 Å². The van der Waals surface area contributed by atoms with E-state index in [1.165, 1.54) is 6.07 Å². The molecular weight excluding hydrogens is 262 g/mol. The number of hydrogen-bond acceptors (Lipinski definition) is 5. The molecule has 106 valence electrons. The molecule has 0 atom stereocenters. The highest BCUT2D eigenvalue weighted by Gasteiger charge is 2.25. The van der Waals surface area contributed by atoms with Gasteiger partial charge in [-0.3, -0.25) is 0 Å². The van der Waals surface area contributed by atoms with Crippen LogP contribution in [0.3, 0.4) is 0 Å². The molecule has 0 aliphatic rings. The Balaban J connectivity index is 2.87. The molecule has 0 aliphatic carbocycles. The third-order valence-electron chi connectivity index (χ3n) is 3.45. The van der Waals surface area contributed by atoms with E-state index in [1.807, 2.05) is 0 Å². The number of nitrogens with zero attached hydrogens (tertiary/aromatic N) is 1. The summed E-state index contributed by atoms with van der Waals surface area (Å²) in [6.07, 6.45) is 4.13. The molecule has 1 heterocycles. The van der Waals surface area contributed by atoms with Crippen molar-refractivity contribution in [3.63, 3.8) is 0 Å². The van der Waals surface area contributed by atoms with E-state index in [-0.39, 0.29) is 10.4 Å². The maximum atomic E-state index is 10.9. The van der Waals surface area contributed by atoms with E-state index < -0.39 is 5.97 Å². The number of hydrogen-bond donors (Lipinski definition) is 3. The van der Waals surface area contributed by atoms with Gasteiger partial charge < -0.3 is 16.2 Å². The molecule has 1 aromatic rings. The van der Waals surface area contributed by atoms with Crippen molar-refractivity contribution in [2.45, 2.75) is 31.4 Å². The minimum Gasteiger partial charge on any atom is -0.477 e. The summed E-state index contributed by atoms with van der Waals surface area (Å²) in [5.74, 6) is -0.606. The third kappa shape index (κ3) is 3.76. The molecule has 1 rings (SSSR count). The lowest BCUT2D eigenvalue weighted by Gasteiger charge is -2.30. The lowest BCUT2D eigenvalue weighted by molar-refractivity contribution is 0.0690. The summed E-state index contributed by atoms with van der Waals surface area (Å²) >= 11 is 1.81. The Labute approximate surface area is 118 Å². The molecule has 0 spiro atoms. The summed E-state index contributed by atoms with van der Waals surface area (Å²) in [4.78, 5) is 14.9. The smallest absolute Gasteiger partial charge is 0.354 e. The maximum Gasteiger partial charge on any atom is 0.354 e. The van der Waals surface area contributed by atoms with Crippen molar-refractivity contribution in [3.05, 3.63) is 17.8 Å². The molecule has 1 aromatic heterocycles. The number of carboxylic acids is 1. The third-order valence-corrected chi connectivity index (χ3v) is 5.03. The van der Waals surface area contributed by atoms with Crippen LogP contribution in [-0.4, -0.2) is 33.6 Å². The Hall–Kier alpha value is -1.43. The van der Waals surface area contributed by atoms with Crippen LogP contribution in [0.2, 0.25) is 0 Å². The van der Waals surface area contributed by atoms with Crippen LogP contribution >= 0.6 is 11.8 Å². The SMILES string of the molecule is CCC(CC)(CNc1nc(C(=O)O)ccc1N)SC. The van der Waals surface area contributed by atoms with E-state index in [9.17, 15) is 4.79 Å². The Morgan fingerprint density at radius 3 is 2.58 bits per heavy atom. The fourth-order valence-corrected chi connectivity index (χ4v) is 2.63. The molecular formula is C13H21N3O2S. The van der Waals surface area contributed by atoms with Crippen molar-refractivity contribution >= 4 is 29.2 Å². The van der Waals surface area contributed by atoms with Crippen LogP contribution in [-0.2, 0) is 0 Å². The van der Waals surface area contributed by atoms with E-state index in [1.54, 1.807) is 17.8 Å². The first-order valence-corrected chi connectivity index (χ1v) is 7.49. The Morgan fingerprint density at radius 1 is 1.47 bits per heavy atom. The molecule has 19 heavy (non-hydrogen) atoms. The van der Waals surface area contributed by atoms with Gasteiger partial charge >= 0.3 is 5.97 Å². The minimum absolute atomic E-state index is 0.000511. The number of aromatic carboxylic acids is 1. The molecule has 6 heteroatoms. The second-order valence-electron chi connectivity index (χ2n) is 4.39. The van der Waals surface area contributed by atoms with E-state index in [0.717, 1.165) is 12.8 Å². The summed E-state index contributed by atoms with van der Waals surface area (Å²) in [5, 5.41) is 12.1. The predicted octanol–water partition coefficient (Wildman–Crippen LogP) is 2.70. The summed E-state index contributed by atoms with van der Waals surface area (Å²) in [6.45, 7) is 5.00. The maximum absolute atomic E-state index is 10.9. The van der Waals surface area contributed by atoms with Gasteiger partial charge in [0.2, 0.25) is 0 Å². The Morgan fingerprint density at radius 2 is 2.11 bits per heavy atom. The van der Waals surface area contributed by atoms with Gasteiger partial charge in [0.05, 0.1) is 5.69 Å². The zero-order chi connectivity index (χ0) is 14.5. The number of pyridine rings is 1. The van der Waals surface area contributed by atoms with Gasteiger partial charge in [0.25, 0.3) is 0 Å². The second kappa shape index (κ2) is 6.65. The molecule has 0 radical (unpaired) electrons. The number of carbonyl (C=O) groups is 1. The summed E-state index contributed by atoms with van der Waals surface area (Å²) < 4.78 is 0.118. The van der Waals surface area contributed by atoms with Crippen LogP contribution < -0.4 is 11.1 Å². The van der Waals surface area contributed by atoms with Crippen molar-refractivity contribution in [1.29, 1.82) is 0 Å². The minimum atomic E-state index is -1.05. The van der Waals surface area contributed by atoms with Crippen LogP contribution in [0, 0.1) is 0 Å². The number of rotatable bonds is 7. The molecule has 0 unspecified atom stereocenters. The first-order valence-electron chi connectivity index (χ1n) is 6.27. The van der Waals surface area contributed by atoms with Gasteiger partial charge in [-0.05, 0) is 31.2 Å². The Kier molecular flexibility index (Phi) is 5.47. The fraction of sp³-hybridized carbons (Fsp3) is 0.538. The van der Waals surface area contributed by atoms with Crippen LogP contribution in [0.25, 0.3) is 0 Å². The predicted molar refractivity (Wildman–Crippen MR) is 80.9 cm³/mol. The molecule has 0 fully saturated rings. The average molecular weight is 283 g/mol. The van der Waals surface area contributed by atoms with Crippen molar-refractivity contribution in [1.82, 2.24) is 4.98 Å². The van der Waals surface area contributed by atoms with E-state index in [2.05, 4.69) is 30.4 Å². The summed E-state index contributed by atoms with van der Waals surface area (Å²) in [7, 11) is 0. The highest BCUT2D eigenvalue weighted by molar-refractivity contribution is 8.00. The fourth-order valence-electron chi connectivity index (χ4n) is 1.84. The zero-order valence-corrected chi connectivity index (χ0v) is 12.4. The first-order chi connectivity index (χ1) is 8.98. The van der Waals surface area contributed by atoms with E-state index >= 15 is 0 Å². The van der Waals surface area contributed by atoms with Gasteiger partial charge in [-0.15, -0.1) is 0 Å². The largest absolute Gasteiger partial charge is 0.477 e.